The summed E-state index contributed by atoms with van der Waals surface area (Å²) >= 11 is 0.706. The van der Waals surface area contributed by atoms with Gasteiger partial charge in [-0.25, -0.2) is 0 Å². The van der Waals surface area contributed by atoms with Gasteiger partial charge in [0.2, 0.25) is 0 Å². The van der Waals surface area contributed by atoms with Crippen LogP contribution in [0.1, 0.15) is 5.56 Å². The smallest absolute Gasteiger partial charge is 0.311 e. The summed E-state index contributed by atoms with van der Waals surface area (Å²) in [5.41, 5.74) is -0.155. The lowest BCUT2D eigenvalue weighted by molar-refractivity contribution is -0.385. The monoisotopic (exact) mass is 304 g/mol. The van der Waals surface area contributed by atoms with Crippen LogP contribution in [0.15, 0.2) is 23.1 Å². The second-order valence-corrected chi connectivity index (χ2v) is 4.97. The van der Waals surface area contributed by atoms with Crippen LogP contribution in [0.5, 0.6) is 5.75 Å². The summed E-state index contributed by atoms with van der Waals surface area (Å²) in [7, 11) is 0. The Hall–Kier alpha value is -2.79. The molecule has 0 bridgehead atoms. The molecule has 0 atom stereocenters. The molecule has 0 unspecified atom stereocenters. The molecule has 0 spiro atoms. The van der Waals surface area contributed by atoms with Crippen molar-refractivity contribution in [1.29, 1.82) is 0 Å². The van der Waals surface area contributed by atoms with Crippen molar-refractivity contribution >= 4 is 34.7 Å². The molecule has 1 aromatic carbocycles. The van der Waals surface area contributed by atoms with E-state index < -0.39 is 27.5 Å². The van der Waals surface area contributed by atoms with Crippen molar-refractivity contribution in [3.8, 4) is 18.1 Å². The van der Waals surface area contributed by atoms with E-state index in [-0.39, 0.29) is 11.4 Å². The van der Waals surface area contributed by atoms with Crippen molar-refractivity contribution in [2.75, 3.05) is 6.54 Å². The minimum atomic E-state index is -0.739. The first-order valence-corrected chi connectivity index (χ1v) is 6.42. The van der Waals surface area contributed by atoms with E-state index in [2.05, 4.69) is 5.92 Å². The maximum atomic E-state index is 11.9. The Bertz CT molecular complexity index is 720. The molecule has 0 aliphatic carbocycles. The lowest BCUT2D eigenvalue weighted by atomic mass is 10.1. The van der Waals surface area contributed by atoms with Crippen LogP contribution < -0.4 is 0 Å². The zero-order valence-electron chi connectivity index (χ0n) is 10.5. The summed E-state index contributed by atoms with van der Waals surface area (Å²) in [5.74, 6) is 1.19. The van der Waals surface area contributed by atoms with Crippen molar-refractivity contribution in [2.45, 2.75) is 0 Å². The fourth-order valence-electron chi connectivity index (χ4n) is 1.66. The number of hydrogen-bond donors (Lipinski definition) is 1. The minimum absolute atomic E-state index is 0.121. The standard InChI is InChI=1S/C13H8N2O5S/c1-2-5-14-12(17)11(21-13(14)18)7-8-3-4-10(16)9(6-8)15(19)20/h1,3-4,6-7,16H,5H2/b11-7+. The highest BCUT2D eigenvalue weighted by molar-refractivity contribution is 8.18. The molecule has 1 saturated heterocycles. The van der Waals surface area contributed by atoms with Crippen molar-refractivity contribution in [3.05, 3.63) is 38.8 Å². The van der Waals surface area contributed by atoms with Gasteiger partial charge < -0.3 is 5.11 Å². The summed E-state index contributed by atoms with van der Waals surface area (Å²) in [6.45, 7) is -0.127. The van der Waals surface area contributed by atoms with Gasteiger partial charge in [0.05, 0.1) is 16.4 Å². The number of phenols is 1. The van der Waals surface area contributed by atoms with E-state index in [1.165, 1.54) is 12.1 Å². The van der Waals surface area contributed by atoms with Crippen LogP contribution in [0.3, 0.4) is 0 Å². The second-order valence-electron chi connectivity index (χ2n) is 3.98. The Balaban J connectivity index is 2.35. The fraction of sp³-hybridized carbons (Fsp3) is 0.0769. The van der Waals surface area contributed by atoms with Crippen LogP contribution in [0.25, 0.3) is 6.08 Å². The summed E-state index contributed by atoms with van der Waals surface area (Å²) in [4.78, 5) is 34.5. The van der Waals surface area contributed by atoms with E-state index in [0.717, 1.165) is 17.0 Å². The molecule has 1 fully saturated rings. The van der Waals surface area contributed by atoms with E-state index in [0.29, 0.717) is 17.3 Å². The van der Waals surface area contributed by atoms with E-state index in [1.54, 1.807) is 0 Å². The van der Waals surface area contributed by atoms with Gasteiger partial charge in [0.25, 0.3) is 11.1 Å². The van der Waals surface area contributed by atoms with Gasteiger partial charge in [-0.1, -0.05) is 12.0 Å². The van der Waals surface area contributed by atoms with Gasteiger partial charge in [-0.15, -0.1) is 6.42 Å². The highest BCUT2D eigenvalue weighted by Gasteiger charge is 2.34. The van der Waals surface area contributed by atoms with Crippen LogP contribution in [0.2, 0.25) is 0 Å². The summed E-state index contributed by atoms with van der Waals surface area (Å²) in [6.07, 6.45) is 6.41. The van der Waals surface area contributed by atoms with Crippen molar-refractivity contribution in [3.63, 3.8) is 0 Å². The predicted molar refractivity (Wildman–Crippen MR) is 76.3 cm³/mol. The molecule has 1 aliphatic heterocycles. The number of phenolic OH excluding ortho intramolecular Hbond substituents is 1. The number of nitro groups is 1. The molecule has 1 aromatic rings. The van der Waals surface area contributed by atoms with Gasteiger partial charge in [-0.05, 0) is 29.5 Å². The molecule has 0 aromatic heterocycles. The van der Waals surface area contributed by atoms with Crippen molar-refractivity contribution in [2.24, 2.45) is 0 Å². The zero-order chi connectivity index (χ0) is 15.6. The number of imide groups is 1. The number of nitrogens with zero attached hydrogens (tertiary/aromatic N) is 2. The van der Waals surface area contributed by atoms with E-state index in [4.69, 9.17) is 6.42 Å². The number of amides is 2. The Kier molecular flexibility index (Phi) is 3.95. The lowest BCUT2D eigenvalue weighted by Crippen LogP contribution is -2.28. The average molecular weight is 304 g/mol. The highest BCUT2D eigenvalue weighted by atomic mass is 32.2. The first-order chi connectivity index (χ1) is 9.93. The van der Waals surface area contributed by atoms with Gasteiger partial charge in [0, 0.05) is 6.07 Å². The molecular formula is C13H8N2O5S. The number of rotatable bonds is 3. The van der Waals surface area contributed by atoms with Crippen LogP contribution in [0.4, 0.5) is 10.5 Å². The number of carbonyl (C=O) groups is 2. The number of nitro benzene ring substituents is 1. The fourth-order valence-corrected chi connectivity index (χ4v) is 2.49. The number of benzene rings is 1. The third-order valence-corrected chi connectivity index (χ3v) is 3.52. The van der Waals surface area contributed by atoms with Crippen LogP contribution >= 0.6 is 11.8 Å². The molecule has 0 radical (unpaired) electrons. The quantitative estimate of drug-likeness (QED) is 0.396. The molecule has 1 heterocycles. The Labute approximate surface area is 123 Å². The Morgan fingerprint density at radius 1 is 1.48 bits per heavy atom. The minimum Gasteiger partial charge on any atom is -0.502 e. The maximum Gasteiger partial charge on any atom is 0.311 e. The molecule has 1 aliphatic rings. The van der Waals surface area contributed by atoms with Crippen molar-refractivity contribution < 1.29 is 19.6 Å². The van der Waals surface area contributed by atoms with Crippen molar-refractivity contribution in [1.82, 2.24) is 4.90 Å². The molecule has 106 valence electrons. The highest BCUT2D eigenvalue weighted by Crippen LogP contribution is 2.33. The Morgan fingerprint density at radius 3 is 2.81 bits per heavy atom. The molecule has 0 saturated carbocycles. The molecule has 2 rings (SSSR count). The normalized spacial score (nSPS) is 16.3. The van der Waals surface area contributed by atoms with E-state index in [1.807, 2.05) is 0 Å². The van der Waals surface area contributed by atoms with Crippen LogP contribution in [0, 0.1) is 22.5 Å². The van der Waals surface area contributed by atoms with Gasteiger partial charge in [0.15, 0.2) is 5.75 Å². The van der Waals surface area contributed by atoms with Gasteiger partial charge in [0.1, 0.15) is 0 Å². The van der Waals surface area contributed by atoms with E-state index >= 15 is 0 Å². The third-order valence-electron chi connectivity index (χ3n) is 2.62. The molecule has 7 nitrogen and oxygen atoms in total. The van der Waals surface area contributed by atoms with Crippen LogP contribution in [-0.2, 0) is 4.79 Å². The summed E-state index contributed by atoms with van der Waals surface area (Å²) in [6, 6.07) is 3.66. The third kappa shape index (κ3) is 2.88. The average Bonchev–Trinajstić information content (AvgIpc) is 2.69. The topological polar surface area (TPSA) is 101 Å². The number of aromatic hydroxyl groups is 1. The van der Waals surface area contributed by atoms with Gasteiger partial charge in [-0.2, -0.15) is 0 Å². The van der Waals surface area contributed by atoms with Gasteiger partial charge in [-0.3, -0.25) is 24.6 Å². The zero-order valence-corrected chi connectivity index (χ0v) is 11.3. The molecule has 8 heteroatoms. The molecular weight excluding hydrogens is 296 g/mol. The largest absolute Gasteiger partial charge is 0.502 e. The number of carbonyl (C=O) groups excluding carboxylic acids is 2. The number of hydrogen-bond acceptors (Lipinski definition) is 6. The summed E-state index contributed by atoms with van der Waals surface area (Å²) in [5, 5.41) is 19.6. The summed E-state index contributed by atoms with van der Waals surface area (Å²) < 4.78 is 0. The second kappa shape index (κ2) is 5.68. The SMILES string of the molecule is C#CCN1C(=O)S/C(=C/c2ccc(O)c([N+](=O)[O-])c2)C1=O. The van der Waals surface area contributed by atoms with E-state index in [9.17, 15) is 24.8 Å². The molecule has 21 heavy (non-hydrogen) atoms. The Morgan fingerprint density at radius 2 is 2.19 bits per heavy atom. The lowest BCUT2D eigenvalue weighted by Gasteiger charge is -2.06. The maximum absolute atomic E-state index is 11.9. The molecule has 2 amide bonds. The van der Waals surface area contributed by atoms with Gasteiger partial charge >= 0.3 is 5.69 Å². The first kappa shape index (κ1) is 14.6. The number of thioether (sulfide) groups is 1. The predicted octanol–water partition coefficient (Wildman–Crippen LogP) is 1.97. The first-order valence-electron chi connectivity index (χ1n) is 5.60. The molecule has 1 N–H and O–H groups in total. The number of terminal acetylenes is 1. The van der Waals surface area contributed by atoms with Crippen LogP contribution in [-0.4, -0.2) is 32.6 Å².